The second-order valence-corrected chi connectivity index (χ2v) is 9.10. The molecule has 6 heteroatoms. The van der Waals surface area contributed by atoms with Gasteiger partial charge in [-0.25, -0.2) is 0 Å². The van der Waals surface area contributed by atoms with Crippen molar-refractivity contribution in [3.8, 4) is 0 Å². The molecule has 3 aromatic rings. The van der Waals surface area contributed by atoms with E-state index in [2.05, 4.69) is 5.32 Å². The highest BCUT2D eigenvalue weighted by Gasteiger charge is 2.39. The Morgan fingerprint density at radius 1 is 1.03 bits per heavy atom. The summed E-state index contributed by atoms with van der Waals surface area (Å²) in [5, 5.41) is 3.09. The van der Waals surface area contributed by atoms with Gasteiger partial charge in [-0.3, -0.25) is 9.59 Å². The lowest BCUT2D eigenvalue weighted by Gasteiger charge is -2.36. The van der Waals surface area contributed by atoms with Crippen LogP contribution in [0.3, 0.4) is 0 Å². The maximum absolute atomic E-state index is 13.5. The number of carbonyl (C=O) groups is 2. The molecule has 1 N–H and O–H groups in total. The van der Waals surface area contributed by atoms with Gasteiger partial charge in [0.1, 0.15) is 5.25 Å². The molecule has 0 aliphatic carbocycles. The molecule has 0 fully saturated rings. The van der Waals surface area contributed by atoms with Crippen LogP contribution in [0.1, 0.15) is 18.1 Å². The molecule has 2 unspecified atom stereocenters. The Morgan fingerprint density at radius 2 is 1.71 bits per heavy atom. The fourth-order valence-electron chi connectivity index (χ4n) is 3.60. The molecule has 3 aromatic carbocycles. The zero-order valence-electron chi connectivity index (χ0n) is 17.1. The monoisotopic (exact) mass is 450 g/mol. The topological polar surface area (TPSA) is 49.4 Å². The van der Waals surface area contributed by atoms with Gasteiger partial charge >= 0.3 is 0 Å². The van der Waals surface area contributed by atoms with E-state index in [4.69, 9.17) is 11.6 Å². The first-order chi connectivity index (χ1) is 15.0. The maximum Gasteiger partial charge on any atom is 0.241 e. The number of fused-ring (bicyclic) bond motifs is 1. The maximum atomic E-state index is 13.5. The highest BCUT2D eigenvalue weighted by molar-refractivity contribution is 8.01. The molecule has 1 heterocycles. The molecule has 0 saturated heterocycles. The van der Waals surface area contributed by atoms with Gasteiger partial charge in [0, 0.05) is 16.5 Å². The van der Waals surface area contributed by atoms with Crippen LogP contribution in [-0.4, -0.2) is 17.1 Å². The van der Waals surface area contributed by atoms with Crippen LogP contribution < -0.4 is 10.2 Å². The van der Waals surface area contributed by atoms with Gasteiger partial charge < -0.3 is 10.2 Å². The number of nitrogens with zero attached hydrogens (tertiary/aromatic N) is 1. The van der Waals surface area contributed by atoms with Crippen LogP contribution in [-0.2, 0) is 22.7 Å². The van der Waals surface area contributed by atoms with E-state index in [1.54, 1.807) is 4.90 Å². The first-order valence-corrected chi connectivity index (χ1v) is 11.4. The number of amides is 2. The first kappa shape index (κ1) is 21.5. The number of halogens is 1. The van der Waals surface area contributed by atoms with Gasteiger partial charge in [-0.15, -0.1) is 11.8 Å². The van der Waals surface area contributed by atoms with Crippen molar-refractivity contribution < 1.29 is 9.59 Å². The first-order valence-electron chi connectivity index (χ1n) is 10.2. The van der Waals surface area contributed by atoms with Crippen molar-refractivity contribution in [2.24, 2.45) is 5.92 Å². The van der Waals surface area contributed by atoms with Gasteiger partial charge in [-0.2, -0.15) is 0 Å². The molecule has 0 radical (unpaired) electrons. The standard InChI is InChI=1S/C25H23ClN2O2S/c1-17(24(29)27-15-18-9-3-2-4-10-18)23-25(30)28(16-19-11-5-6-12-20(19)26)21-13-7-8-14-22(21)31-23/h2-14,17,23H,15-16H2,1H3,(H,27,29). The number of hydrogen-bond acceptors (Lipinski definition) is 3. The van der Waals surface area contributed by atoms with E-state index in [0.717, 1.165) is 21.7 Å². The lowest BCUT2D eigenvalue weighted by Crippen LogP contribution is -2.47. The lowest BCUT2D eigenvalue weighted by atomic mass is 10.0. The second-order valence-electron chi connectivity index (χ2n) is 7.51. The molecule has 31 heavy (non-hydrogen) atoms. The normalized spacial score (nSPS) is 16.5. The molecule has 0 aromatic heterocycles. The summed E-state index contributed by atoms with van der Waals surface area (Å²) in [5.74, 6) is -0.693. The van der Waals surface area contributed by atoms with Gasteiger partial charge in [-0.1, -0.05) is 79.2 Å². The Morgan fingerprint density at radius 3 is 2.48 bits per heavy atom. The van der Waals surface area contributed by atoms with Gasteiger partial charge in [-0.05, 0) is 29.3 Å². The number of benzene rings is 3. The highest BCUT2D eigenvalue weighted by atomic mass is 35.5. The van der Waals surface area contributed by atoms with Crippen LogP contribution in [0.4, 0.5) is 5.69 Å². The fraction of sp³-hybridized carbons (Fsp3) is 0.200. The van der Waals surface area contributed by atoms with Crippen molar-refractivity contribution in [3.05, 3.63) is 95.0 Å². The van der Waals surface area contributed by atoms with Gasteiger partial charge in [0.2, 0.25) is 11.8 Å². The van der Waals surface area contributed by atoms with Crippen LogP contribution in [0, 0.1) is 5.92 Å². The number of para-hydroxylation sites is 1. The lowest BCUT2D eigenvalue weighted by molar-refractivity contribution is -0.128. The summed E-state index contributed by atoms with van der Waals surface area (Å²) in [5.41, 5.74) is 2.75. The zero-order chi connectivity index (χ0) is 21.8. The van der Waals surface area contributed by atoms with Crippen molar-refractivity contribution in [2.75, 3.05) is 4.90 Å². The van der Waals surface area contributed by atoms with E-state index in [9.17, 15) is 9.59 Å². The minimum absolute atomic E-state index is 0.0778. The summed E-state index contributed by atoms with van der Waals surface area (Å²) >= 11 is 7.82. The summed E-state index contributed by atoms with van der Waals surface area (Å²) in [6.45, 7) is 2.62. The van der Waals surface area contributed by atoms with E-state index >= 15 is 0 Å². The smallest absolute Gasteiger partial charge is 0.241 e. The SMILES string of the molecule is CC(C(=O)NCc1ccccc1)C1Sc2ccccc2N(Cc2ccccc2Cl)C1=O. The molecule has 0 bridgehead atoms. The van der Waals surface area contributed by atoms with E-state index in [0.29, 0.717) is 18.1 Å². The summed E-state index contributed by atoms with van der Waals surface area (Å²) in [6.07, 6.45) is 0. The number of rotatable bonds is 6. The number of anilines is 1. The van der Waals surface area contributed by atoms with Crippen LogP contribution in [0.5, 0.6) is 0 Å². The van der Waals surface area contributed by atoms with E-state index in [1.165, 1.54) is 11.8 Å². The van der Waals surface area contributed by atoms with E-state index in [1.807, 2.05) is 85.8 Å². The molecular weight excluding hydrogens is 428 g/mol. The van der Waals surface area contributed by atoms with Crippen molar-refractivity contribution in [3.63, 3.8) is 0 Å². The van der Waals surface area contributed by atoms with Crippen LogP contribution in [0.2, 0.25) is 5.02 Å². The largest absolute Gasteiger partial charge is 0.352 e. The van der Waals surface area contributed by atoms with Crippen LogP contribution in [0.25, 0.3) is 0 Å². The molecular formula is C25H23ClN2O2S. The Labute approximate surface area is 191 Å². The Balaban J connectivity index is 1.55. The number of hydrogen-bond donors (Lipinski definition) is 1. The van der Waals surface area contributed by atoms with Gasteiger partial charge in [0.05, 0.1) is 18.2 Å². The third kappa shape index (κ3) is 4.78. The average molecular weight is 451 g/mol. The van der Waals surface area contributed by atoms with Gasteiger partial charge in [0.25, 0.3) is 0 Å². The zero-order valence-corrected chi connectivity index (χ0v) is 18.7. The van der Waals surface area contributed by atoms with Gasteiger partial charge in [0.15, 0.2) is 0 Å². The van der Waals surface area contributed by atoms with Crippen molar-refractivity contribution in [2.45, 2.75) is 30.2 Å². The second kappa shape index (κ2) is 9.58. The predicted octanol–water partition coefficient (Wildman–Crippen LogP) is 5.30. The summed E-state index contributed by atoms with van der Waals surface area (Å²) in [6, 6.07) is 25.1. The molecule has 1 aliphatic rings. The van der Waals surface area contributed by atoms with E-state index < -0.39 is 11.2 Å². The Hall–Kier alpha value is -2.76. The Kier molecular flexibility index (Phi) is 6.64. The average Bonchev–Trinajstić information content (AvgIpc) is 2.80. The molecule has 4 nitrogen and oxygen atoms in total. The molecule has 158 valence electrons. The number of nitrogens with one attached hydrogen (secondary N) is 1. The van der Waals surface area contributed by atoms with E-state index in [-0.39, 0.29) is 11.8 Å². The molecule has 2 amide bonds. The van der Waals surface area contributed by atoms with Crippen LogP contribution in [0.15, 0.2) is 83.8 Å². The third-order valence-electron chi connectivity index (χ3n) is 5.38. The Bertz CT molecular complexity index is 1090. The summed E-state index contributed by atoms with van der Waals surface area (Å²) < 4.78 is 0. The number of thioether (sulfide) groups is 1. The van der Waals surface area contributed by atoms with Crippen molar-refractivity contribution in [1.29, 1.82) is 0 Å². The minimum atomic E-state index is -0.506. The number of carbonyl (C=O) groups excluding carboxylic acids is 2. The predicted molar refractivity (Wildman–Crippen MR) is 126 cm³/mol. The minimum Gasteiger partial charge on any atom is -0.352 e. The van der Waals surface area contributed by atoms with Crippen molar-refractivity contribution >= 4 is 40.9 Å². The molecule has 0 saturated carbocycles. The van der Waals surface area contributed by atoms with Crippen molar-refractivity contribution in [1.82, 2.24) is 5.32 Å². The van der Waals surface area contributed by atoms with Crippen LogP contribution >= 0.6 is 23.4 Å². The quantitative estimate of drug-likeness (QED) is 0.554. The molecule has 0 spiro atoms. The summed E-state index contributed by atoms with van der Waals surface area (Å²) in [4.78, 5) is 29.1. The fourth-order valence-corrected chi connectivity index (χ4v) is 5.08. The molecule has 4 rings (SSSR count). The third-order valence-corrected chi connectivity index (χ3v) is 7.21. The highest BCUT2D eigenvalue weighted by Crippen LogP contribution is 2.42. The summed E-state index contributed by atoms with van der Waals surface area (Å²) in [7, 11) is 0. The molecule has 2 atom stereocenters. The molecule has 1 aliphatic heterocycles.